The topological polar surface area (TPSA) is 98.6 Å². The predicted octanol–water partition coefficient (Wildman–Crippen LogP) is 1.17. The van der Waals surface area contributed by atoms with Gasteiger partial charge in [-0.2, -0.15) is 0 Å². The number of benzene rings is 1. The Labute approximate surface area is 100 Å². The molecule has 0 amide bonds. The van der Waals surface area contributed by atoms with Gasteiger partial charge in [0.1, 0.15) is 0 Å². The van der Waals surface area contributed by atoms with Gasteiger partial charge in [0.15, 0.2) is 0 Å². The van der Waals surface area contributed by atoms with Crippen LogP contribution in [0.5, 0.6) is 0 Å². The third kappa shape index (κ3) is 4.32. The van der Waals surface area contributed by atoms with E-state index in [0.29, 0.717) is 23.5 Å². The van der Waals surface area contributed by atoms with Crippen molar-refractivity contribution in [2.24, 2.45) is 0 Å². The van der Waals surface area contributed by atoms with E-state index < -0.39 is 5.97 Å². The molecule has 0 unspecified atom stereocenters. The Kier molecular flexibility index (Phi) is 5.29. The summed E-state index contributed by atoms with van der Waals surface area (Å²) in [6.07, 6.45) is 2.30. The number of nitrogen functional groups attached to an aromatic ring is 2. The molecule has 0 heterocycles. The van der Waals surface area contributed by atoms with Gasteiger partial charge in [0, 0.05) is 18.0 Å². The van der Waals surface area contributed by atoms with Crippen molar-refractivity contribution in [3.8, 4) is 0 Å². The maximum absolute atomic E-state index is 11.6. The normalized spacial score (nSPS) is 10.2. The molecular weight excluding hydrogens is 220 g/mol. The molecule has 1 aromatic carbocycles. The Bertz CT molecular complexity index is 380. The van der Waals surface area contributed by atoms with E-state index >= 15 is 0 Å². The zero-order valence-corrected chi connectivity index (χ0v) is 9.69. The summed E-state index contributed by atoms with van der Waals surface area (Å²) in [5.74, 6) is -0.438. The molecule has 5 nitrogen and oxygen atoms in total. The van der Waals surface area contributed by atoms with Crippen molar-refractivity contribution in [2.45, 2.75) is 19.3 Å². The summed E-state index contributed by atoms with van der Waals surface area (Å²) >= 11 is 0. The summed E-state index contributed by atoms with van der Waals surface area (Å²) < 4.78 is 5.05. The molecule has 0 aliphatic heterocycles. The lowest BCUT2D eigenvalue weighted by molar-refractivity contribution is 0.0498. The Morgan fingerprint density at radius 2 is 2.00 bits per heavy atom. The highest BCUT2D eigenvalue weighted by molar-refractivity contribution is 5.95. The first-order valence-corrected chi connectivity index (χ1v) is 5.58. The largest absolute Gasteiger partial charge is 0.462 e. The van der Waals surface area contributed by atoms with Crippen LogP contribution in [0.4, 0.5) is 11.4 Å². The smallest absolute Gasteiger partial charge is 0.340 e. The third-order valence-corrected chi connectivity index (χ3v) is 2.33. The summed E-state index contributed by atoms with van der Waals surface area (Å²) in [5, 5.41) is 8.58. The van der Waals surface area contributed by atoms with E-state index in [0.717, 1.165) is 19.3 Å². The van der Waals surface area contributed by atoms with E-state index in [4.69, 9.17) is 21.3 Å². The van der Waals surface area contributed by atoms with E-state index in [1.807, 2.05) is 0 Å². The summed E-state index contributed by atoms with van der Waals surface area (Å²) in [7, 11) is 0. The first-order chi connectivity index (χ1) is 8.15. The lowest BCUT2D eigenvalue weighted by atomic mass is 10.1. The summed E-state index contributed by atoms with van der Waals surface area (Å²) in [5.41, 5.74) is 12.4. The molecule has 1 aromatic rings. The second-order valence-electron chi connectivity index (χ2n) is 3.77. The molecule has 5 heteroatoms. The SMILES string of the molecule is Nc1ccc(C(=O)OCCCCCO)c(N)c1. The van der Waals surface area contributed by atoms with E-state index in [1.165, 1.54) is 6.07 Å². The average molecular weight is 238 g/mol. The number of anilines is 2. The molecule has 1 rings (SSSR count). The molecule has 0 radical (unpaired) electrons. The van der Waals surface area contributed by atoms with Gasteiger partial charge in [-0.25, -0.2) is 4.79 Å². The highest BCUT2D eigenvalue weighted by Crippen LogP contribution is 2.16. The Balaban J connectivity index is 2.42. The maximum Gasteiger partial charge on any atom is 0.340 e. The van der Waals surface area contributed by atoms with Crippen molar-refractivity contribution in [2.75, 3.05) is 24.7 Å². The first-order valence-electron chi connectivity index (χ1n) is 5.58. The van der Waals surface area contributed by atoms with Crippen LogP contribution in [0.25, 0.3) is 0 Å². The molecule has 5 N–H and O–H groups in total. The molecule has 94 valence electrons. The number of esters is 1. The highest BCUT2D eigenvalue weighted by atomic mass is 16.5. The van der Waals surface area contributed by atoms with E-state index in [2.05, 4.69) is 0 Å². The van der Waals surface area contributed by atoms with Crippen molar-refractivity contribution >= 4 is 17.3 Å². The first kappa shape index (κ1) is 13.3. The number of ether oxygens (including phenoxy) is 1. The van der Waals surface area contributed by atoms with Crippen LogP contribution in [-0.2, 0) is 4.74 Å². The molecule has 0 fully saturated rings. The molecule has 0 saturated heterocycles. The molecule has 0 aliphatic carbocycles. The number of hydrogen-bond acceptors (Lipinski definition) is 5. The minimum absolute atomic E-state index is 0.166. The number of rotatable bonds is 6. The Hall–Kier alpha value is -1.75. The van der Waals surface area contributed by atoms with Gasteiger partial charge < -0.3 is 21.3 Å². The van der Waals surface area contributed by atoms with Crippen molar-refractivity contribution in [1.29, 1.82) is 0 Å². The van der Waals surface area contributed by atoms with E-state index in [9.17, 15) is 4.79 Å². The van der Waals surface area contributed by atoms with Crippen molar-refractivity contribution < 1.29 is 14.6 Å². The van der Waals surface area contributed by atoms with Gasteiger partial charge in [-0.05, 0) is 37.5 Å². The molecular formula is C12H18N2O3. The van der Waals surface area contributed by atoms with Gasteiger partial charge in [-0.15, -0.1) is 0 Å². The van der Waals surface area contributed by atoms with Crippen LogP contribution < -0.4 is 11.5 Å². The van der Waals surface area contributed by atoms with Gasteiger partial charge in [0.25, 0.3) is 0 Å². The lowest BCUT2D eigenvalue weighted by Gasteiger charge is -2.07. The van der Waals surface area contributed by atoms with Crippen molar-refractivity contribution in [3.05, 3.63) is 23.8 Å². The fourth-order valence-corrected chi connectivity index (χ4v) is 1.40. The van der Waals surface area contributed by atoms with Crippen LogP contribution >= 0.6 is 0 Å². The van der Waals surface area contributed by atoms with E-state index in [-0.39, 0.29) is 6.61 Å². The van der Waals surface area contributed by atoms with Crippen LogP contribution in [0.3, 0.4) is 0 Å². The zero-order valence-electron chi connectivity index (χ0n) is 9.69. The average Bonchev–Trinajstić information content (AvgIpc) is 2.28. The second kappa shape index (κ2) is 6.75. The summed E-state index contributed by atoms with van der Waals surface area (Å²) in [4.78, 5) is 11.6. The van der Waals surface area contributed by atoms with Gasteiger partial charge in [0.2, 0.25) is 0 Å². The molecule has 0 aliphatic rings. The number of carbonyl (C=O) groups excluding carboxylic acids is 1. The molecule has 0 spiro atoms. The number of nitrogens with two attached hydrogens (primary N) is 2. The number of unbranched alkanes of at least 4 members (excludes halogenated alkanes) is 2. The quantitative estimate of drug-likeness (QED) is 0.392. The van der Waals surface area contributed by atoms with Gasteiger partial charge in [-0.3, -0.25) is 0 Å². The number of hydrogen-bond donors (Lipinski definition) is 3. The maximum atomic E-state index is 11.6. The number of aliphatic hydroxyl groups is 1. The van der Waals surface area contributed by atoms with Crippen LogP contribution in [0, 0.1) is 0 Å². The van der Waals surface area contributed by atoms with Crippen LogP contribution in [0.15, 0.2) is 18.2 Å². The van der Waals surface area contributed by atoms with Gasteiger partial charge in [0.05, 0.1) is 12.2 Å². The predicted molar refractivity (Wildman–Crippen MR) is 66.5 cm³/mol. The standard InChI is InChI=1S/C12H18N2O3/c13-9-4-5-10(11(14)8-9)12(16)17-7-3-1-2-6-15/h4-5,8,15H,1-3,6-7,13-14H2. The van der Waals surface area contributed by atoms with Crippen molar-refractivity contribution in [1.82, 2.24) is 0 Å². The molecule has 0 aromatic heterocycles. The fraction of sp³-hybridized carbons (Fsp3) is 0.417. The molecule has 0 atom stereocenters. The molecule has 0 bridgehead atoms. The minimum atomic E-state index is -0.438. The Morgan fingerprint density at radius 1 is 1.24 bits per heavy atom. The van der Waals surface area contributed by atoms with Gasteiger partial charge in [-0.1, -0.05) is 0 Å². The molecule has 0 saturated carbocycles. The lowest BCUT2D eigenvalue weighted by Crippen LogP contribution is -2.09. The Morgan fingerprint density at radius 3 is 2.65 bits per heavy atom. The highest BCUT2D eigenvalue weighted by Gasteiger charge is 2.10. The van der Waals surface area contributed by atoms with E-state index in [1.54, 1.807) is 12.1 Å². The van der Waals surface area contributed by atoms with Crippen LogP contribution in [-0.4, -0.2) is 24.3 Å². The summed E-state index contributed by atoms with van der Waals surface area (Å²) in [6.45, 7) is 0.501. The zero-order chi connectivity index (χ0) is 12.7. The summed E-state index contributed by atoms with van der Waals surface area (Å²) in [6, 6.07) is 4.70. The van der Waals surface area contributed by atoms with Crippen molar-refractivity contribution in [3.63, 3.8) is 0 Å². The second-order valence-corrected chi connectivity index (χ2v) is 3.77. The fourth-order valence-electron chi connectivity index (χ4n) is 1.40. The minimum Gasteiger partial charge on any atom is -0.462 e. The number of aliphatic hydroxyl groups excluding tert-OH is 1. The van der Waals surface area contributed by atoms with Gasteiger partial charge >= 0.3 is 5.97 Å². The third-order valence-electron chi connectivity index (χ3n) is 2.33. The monoisotopic (exact) mass is 238 g/mol. The van der Waals surface area contributed by atoms with Crippen LogP contribution in [0.1, 0.15) is 29.6 Å². The molecule has 17 heavy (non-hydrogen) atoms. The number of carbonyl (C=O) groups is 1. The van der Waals surface area contributed by atoms with Crippen LogP contribution in [0.2, 0.25) is 0 Å².